The fourth-order valence-corrected chi connectivity index (χ4v) is 4.84. The van der Waals surface area contributed by atoms with Crippen LogP contribution >= 0.6 is 0 Å². The third-order valence-corrected chi connectivity index (χ3v) is 6.50. The maximum absolute atomic E-state index is 12.8. The first-order chi connectivity index (χ1) is 13.4. The van der Waals surface area contributed by atoms with Crippen molar-refractivity contribution in [1.29, 1.82) is 0 Å². The molecule has 1 saturated carbocycles. The Kier molecular flexibility index (Phi) is 8.66. The van der Waals surface area contributed by atoms with Crippen molar-refractivity contribution in [2.24, 2.45) is 0 Å². The second-order valence-electron chi connectivity index (χ2n) is 6.60. The topological polar surface area (TPSA) is 98.8 Å². The van der Waals surface area contributed by atoms with Crippen molar-refractivity contribution in [2.75, 3.05) is 13.2 Å². The molecule has 1 atom stereocenters. The molecule has 1 aromatic carbocycles. The molecule has 7 nitrogen and oxygen atoms in total. The molecule has 1 aliphatic carbocycles. The van der Waals surface area contributed by atoms with Crippen LogP contribution in [-0.2, 0) is 29.1 Å². The SMILES string of the molecule is CCOC(=O)/C=C/C(=O)OCC(NS(=O)(=O)C1CCCCC1)c1ccccc1. The van der Waals surface area contributed by atoms with Gasteiger partial charge in [-0.3, -0.25) is 0 Å². The maximum atomic E-state index is 12.8. The molecular formula is C20H27NO6S. The molecule has 0 bridgehead atoms. The molecule has 1 aromatic rings. The summed E-state index contributed by atoms with van der Waals surface area (Å²) >= 11 is 0. The Bertz CT molecular complexity index is 769. The lowest BCUT2D eigenvalue weighted by atomic mass is 10.0. The van der Waals surface area contributed by atoms with E-state index in [9.17, 15) is 18.0 Å². The highest BCUT2D eigenvalue weighted by Gasteiger charge is 2.30. The Hall–Kier alpha value is -2.19. The van der Waals surface area contributed by atoms with Crippen LogP contribution in [0.15, 0.2) is 42.5 Å². The number of hydrogen-bond donors (Lipinski definition) is 1. The quantitative estimate of drug-likeness (QED) is 0.497. The molecule has 0 saturated heterocycles. The lowest BCUT2D eigenvalue weighted by Gasteiger charge is -2.25. The fourth-order valence-electron chi connectivity index (χ4n) is 3.09. The molecule has 28 heavy (non-hydrogen) atoms. The average Bonchev–Trinajstić information content (AvgIpc) is 2.71. The number of rotatable bonds is 9. The summed E-state index contributed by atoms with van der Waals surface area (Å²) in [5.41, 5.74) is 0.698. The molecular weight excluding hydrogens is 382 g/mol. The van der Waals surface area contributed by atoms with Gasteiger partial charge in [0.2, 0.25) is 10.0 Å². The van der Waals surface area contributed by atoms with Crippen molar-refractivity contribution in [3.05, 3.63) is 48.0 Å². The molecule has 8 heteroatoms. The minimum atomic E-state index is -3.55. The first-order valence-corrected chi connectivity index (χ1v) is 11.0. The van der Waals surface area contributed by atoms with E-state index in [1.54, 1.807) is 31.2 Å². The predicted molar refractivity (Wildman–Crippen MR) is 105 cm³/mol. The molecule has 0 spiro atoms. The molecule has 2 rings (SSSR count). The van der Waals surface area contributed by atoms with E-state index in [0.29, 0.717) is 18.4 Å². The number of carbonyl (C=O) groups excluding carboxylic acids is 2. The van der Waals surface area contributed by atoms with Gasteiger partial charge < -0.3 is 9.47 Å². The summed E-state index contributed by atoms with van der Waals surface area (Å²) in [5.74, 6) is -1.39. The van der Waals surface area contributed by atoms with E-state index in [-0.39, 0.29) is 13.2 Å². The number of hydrogen-bond acceptors (Lipinski definition) is 6. The first kappa shape index (κ1) is 22.1. The minimum absolute atomic E-state index is 0.179. The smallest absolute Gasteiger partial charge is 0.331 e. The standard InChI is InChI=1S/C20H27NO6S/c1-2-26-19(22)13-14-20(23)27-15-18(16-9-5-3-6-10-16)21-28(24,25)17-11-7-4-8-12-17/h3,5-6,9-10,13-14,17-18,21H,2,4,7-8,11-12,15H2,1H3/b14-13+. The van der Waals surface area contributed by atoms with Gasteiger partial charge in [-0.15, -0.1) is 0 Å². The van der Waals surface area contributed by atoms with Crippen LogP contribution < -0.4 is 4.72 Å². The highest BCUT2D eigenvalue weighted by molar-refractivity contribution is 7.90. The van der Waals surface area contributed by atoms with Crippen molar-refractivity contribution in [3.8, 4) is 0 Å². The Morgan fingerprint density at radius 2 is 1.68 bits per heavy atom. The van der Waals surface area contributed by atoms with Crippen molar-refractivity contribution < 1.29 is 27.5 Å². The van der Waals surface area contributed by atoms with E-state index >= 15 is 0 Å². The monoisotopic (exact) mass is 409 g/mol. The third-order valence-electron chi connectivity index (χ3n) is 4.53. The zero-order chi connectivity index (χ0) is 20.4. The fraction of sp³-hybridized carbons (Fsp3) is 0.500. The zero-order valence-electron chi connectivity index (χ0n) is 16.0. The molecule has 1 fully saturated rings. The van der Waals surface area contributed by atoms with Crippen LogP contribution in [0.25, 0.3) is 0 Å². The molecule has 0 aromatic heterocycles. The molecule has 1 aliphatic rings. The van der Waals surface area contributed by atoms with Crippen LogP contribution in [-0.4, -0.2) is 38.8 Å². The van der Waals surface area contributed by atoms with Gasteiger partial charge in [-0.1, -0.05) is 49.6 Å². The molecule has 1 N–H and O–H groups in total. The minimum Gasteiger partial charge on any atom is -0.463 e. The van der Waals surface area contributed by atoms with E-state index in [0.717, 1.165) is 31.4 Å². The van der Waals surface area contributed by atoms with Gasteiger partial charge in [-0.05, 0) is 25.3 Å². The summed E-state index contributed by atoms with van der Waals surface area (Å²) in [5, 5.41) is -0.424. The summed E-state index contributed by atoms with van der Waals surface area (Å²) in [6, 6.07) is 8.25. The summed E-state index contributed by atoms with van der Waals surface area (Å²) in [7, 11) is -3.55. The van der Waals surface area contributed by atoms with Gasteiger partial charge in [0.05, 0.1) is 17.9 Å². The molecule has 0 heterocycles. The number of carbonyl (C=O) groups is 2. The van der Waals surface area contributed by atoms with Crippen molar-refractivity contribution in [2.45, 2.75) is 50.3 Å². The van der Waals surface area contributed by atoms with E-state index in [1.807, 2.05) is 6.07 Å². The lowest BCUT2D eigenvalue weighted by molar-refractivity contribution is -0.140. The Balaban J connectivity index is 2.04. The molecule has 0 amide bonds. The van der Waals surface area contributed by atoms with Gasteiger partial charge >= 0.3 is 11.9 Å². The van der Waals surface area contributed by atoms with Crippen LogP contribution in [0.1, 0.15) is 50.6 Å². The zero-order valence-corrected chi connectivity index (χ0v) is 16.8. The molecule has 0 radical (unpaired) electrons. The van der Waals surface area contributed by atoms with Crippen LogP contribution in [0.2, 0.25) is 0 Å². The van der Waals surface area contributed by atoms with Crippen LogP contribution in [0, 0.1) is 0 Å². The lowest BCUT2D eigenvalue weighted by Crippen LogP contribution is -2.39. The highest BCUT2D eigenvalue weighted by atomic mass is 32.2. The van der Waals surface area contributed by atoms with E-state index < -0.39 is 33.3 Å². The Labute approximate surface area is 166 Å². The van der Waals surface area contributed by atoms with Gasteiger partial charge in [0.25, 0.3) is 0 Å². The number of nitrogens with one attached hydrogen (secondary N) is 1. The Morgan fingerprint density at radius 3 is 2.29 bits per heavy atom. The van der Waals surface area contributed by atoms with Gasteiger partial charge in [0.15, 0.2) is 0 Å². The maximum Gasteiger partial charge on any atom is 0.331 e. The molecule has 0 aliphatic heterocycles. The third kappa shape index (κ3) is 7.09. The van der Waals surface area contributed by atoms with Crippen LogP contribution in [0.3, 0.4) is 0 Å². The predicted octanol–water partition coefficient (Wildman–Crippen LogP) is 2.64. The van der Waals surface area contributed by atoms with Crippen molar-refractivity contribution >= 4 is 22.0 Å². The van der Waals surface area contributed by atoms with Gasteiger partial charge in [0, 0.05) is 12.2 Å². The van der Waals surface area contributed by atoms with Crippen molar-refractivity contribution in [3.63, 3.8) is 0 Å². The van der Waals surface area contributed by atoms with Crippen LogP contribution in [0.5, 0.6) is 0 Å². The summed E-state index contributed by atoms with van der Waals surface area (Å²) in [4.78, 5) is 23.1. The summed E-state index contributed by atoms with van der Waals surface area (Å²) < 4.78 is 38.1. The largest absolute Gasteiger partial charge is 0.463 e. The van der Waals surface area contributed by atoms with E-state index in [1.165, 1.54) is 0 Å². The number of benzene rings is 1. The molecule has 154 valence electrons. The summed E-state index contributed by atoms with van der Waals surface area (Å²) in [6.07, 6.45) is 6.08. The van der Waals surface area contributed by atoms with E-state index in [2.05, 4.69) is 4.72 Å². The average molecular weight is 410 g/mol. The first-order valence-electron chi connectivity index (χ1n) is 9.50. The van der Waals surface area contributed by atoms with Gasteiger partial charge in [0.1, 0.15) is 6.61 Å². The number of sulfonamides is 1. The summed E-state index contributed by atoms with van der Waals surface area (Å²) in [6.45, 7) is 1.69. The van der Waals surface area contributed by atoms with Crippen molar-refractivity contribution in [1.82, 2.24) is 4.72 Å². The normalized spacial score (nSPS) is 16.6. The second-order valence-corrected chi connectivity index (χ2v) is 8.59. The number of esters is 2. The van der Waals surface area contributed by atoms with Gasteiger partial charge in [-0.25, -0.2) is 22.7 Å². The highest BCUT2D eigenvalue weighted by Crippen LogP contribution is 2.25. The number of ether oxygens (including phenoxy) is 2. The van der Waals surface area contributed by atoms with Gasteiger partial charge in [-0.2, -0.15) is 0 Å². The van der Waals surface area contributed by atoms with E-state index in [4.69, 9.17) is 9.47 Å². The molecule has 1 unspecified atom stereocenters. The van der Waals surface area contributed by atoms with Crippen LogP contribution in [0.4, 0.5) is 0 Å². The second kappa shape index (κ2) is 11.0. The Morgan fingerprint density at radius 1 is 1.07 bits per heavy atom.